The normalized spacial score (nSPS) is 16.6. The van der Waals surface area contributed by atoms with E-state index in [-0.39, 0.29) is 48.9 Å². The summed E-state index contributed by atoms with van der Waals surface area (Å²) in [6.45, 7) is 4.05. The van der Waals surface area contributed by atoms with Gasteiger partial charge in [0.1, 0.15) is 17.3 Å². The van der Waals surface area contributed by atoms with E-state index in [4.69, 9.17) is 37.8 Å². The van der Waals surface area contributed by atoms with Crippen molar-refractivity contribution in [2.24, 2.45) is 0 Å². The van der Waals surface area contributed by atoms with Crippen molar-refractivity contribution in [2.75, 3.05) is 26.3 Å². The van der Waals surface area contributed by atoms with Crippen molar-refractivity contribution in [1.29, 1.82) is 0 Å². The number of ether oxygens (including phenoxy) is 2. The number of fused-ring (bicyclic) bond motifs is 1. The lowest BCUT2D eigenvalue weighted by Gasteiger charge is -2.32. The maximum atomic E-state index is 13.4. The summed E-state index contributed by atoms with van der Waals surface area (Å²) in [7, 11) is 0. The Morgan fingerprint density at radius 2 is 2.00 bits per heavy atom. The Morgan fingerprint density at radius 1 is 1.20 bits per heavy atom. The number of nitrogens with one attached hydrogen (secondary N) is 3. The fourth-order valence-corrected chi connectivity index (χ4v) is 3.77. The molecule has 0 bridgehead atoms. The lowest BCUT2D eigenvalue weighted by Crippen LogP contribution is -2.44. The average molecular weight is 526 g/mol. The van der Waals surface area contributed by atoms with Crippen molar-refractivity contribution < 1.29 is 28.6 Å². The minimum atomic E-state index is -0.778. The summed E-state index contributed by atoms with van der Waals surface area (Å²) >= 11 is 11.7. The SMILES string of the molecule is C=C(CCNC(=O)COc1ccc(Cl)c(F)c1)NC(=O)[C@@H]1C[C@H](NCCO)c2cc(Cl)ccc2O1. The Bertz CT molecular complexity index is 1090. The second kappa shape index (κ2) is 12.7. The first-order valence-corrected chi connectivity index (χ1v) is 11.7. The number of aliphatic hydroxyl groups excluding tert-OH is 1. The van der Waals surface area contributed by atoms with E-state index in [1.165, 1.54) is 12.1 Å². The van der Waals surface area contributed by atoms with Gasteiger partial charge in [0.2, 0.25) is 0 Å². The maximum Gasteiger partial charge on any atom is 0.265 e. The van der Waals surface area contributed by atoms with E-state index < -0.39 is 17.8 Å². The zero-order valence-electron chi connectivity index (χ0n) is 18.8. The van der Waals surface area contributed by atoms with Gasteiger partial charge in [-0.1, -0.05) is 29.8 Å². The molecule has 1 heterocycles. The highest BCUT2D eigenvalue weighted by molar-refractivity contribution is 6.31. The van der Waals surface area contributed by atoms with Crippen LogP contribution in [-0.4, -0.2) is 49.3 Å². The molecule has 0 radical (unpaired) electrons. The van der Waals surface area contributed by atoms with Crippen molar-refractivity contribution in [3.63, 3.8) is 0 Å². The molecule has 2 aromatic carbocycles. The number of carbonyl (C=O) groups excluding carboxylic acids is 2. The molecule has 0 fully saturated rings. The number of hydrogen-bond donors (Lipinski definition) is 4. The molecule has 1 aliphatic rings. The summed E-state index contributed by atoms with van der Waals surface area (Å²) in [5, 5.41) is 18.2. The second-order valence-corrected chi connectivity index (χ2v) is 8.66. The molecule has 2 aromatic rings. The molecule has 2 amide bonds. The van der Waals surface area contributed by atoms with Crippen LogP contribution in [0.25, 0.3) is 0 Å². The maximum absolute atomic E-state index is 13.4. The summed E-state index contributed by atoms with van der Waals surface area (Å²) in [5.41, 5.74) is 1.22. The fraction of sp³-hybridized carbons (Fsp3) is 0.333. The number of halogens is 3. The van der Waals surface area contributed by atoms with E-state index in [1.807, 2.05) is 0 Å². The van der Waals surface area contributed by atoms with Gasteiger partial charge >= 0.3 is 0 Å². The Morgan fingerprint density at radius 3 is 2.74 bits per heavy atom. The van der Waals surface area contributed by atoms with Gasteiger partial charge in [0.05, 0.1) is 11.6 Å². The Labute approximate surface area is 212 Å². The van der Waals surface area contributed by atoms with Crippen LogP contribution >= 0.6 is 23.2 Å². The molecule has 0 aliphatic carbocycles. The summed E-state index contributed by atoms with van der Waals surface area (Å²) in [4.78, 5) is 24.7. The van der Waals surface area contributed by atoms with E-state index in [0.717, 1.165) is 11.6 Å². The molecule has 4 N–H and O–H groups in total. The predicted octanol–water partition coefficient (Wildman–Crippen LogP) is 3.12. The molecule has 0 saturated heterocycles. The zero-order chi connectivity index (χ0) is 25.4. The molecular weight excluding hydrogens is 500 g/mol. The first-order valence-electron chi connectivity index (χ1n) is 10.9. The van der Waals surface area contributed by atoms with Crippen molar-refractivity contribution in [1.82, 2.24) is 16.0 Å². The molecule has 8 nitrogen and oxygen atoms in total. The first kappa shape index (κ1) is 26.7. The summed E-state index contributed by atoms with van der Waals surface area (Å²) < 4.78 is 24.5. The minimum Gasteiger partial charge on any atom is -0.484 e. The quantitative estimate of drug-likeness (QED) is 0.359. The van der Waals surface area contributed by atoms with E-state index in [0.29, 0.717) is 29.4 Å². The largest absolute Gasteiger partial charge is 0.484 e. The van der Waals surface area contributed by atoms with E-state index in [1.54, 1.807) is 18.2 Å². The molecule has 0 unspecified atom stereocenters. The van der Waals surface area contributed by atoms with Crippen LogP contribution < -0.4 is 25.4 Å². The smallest absolute Gasteiger partial charge is 0.265 e. The van der Waals surface area contributed by atoms with Gasteiger partial charge in [-0.25, -0.2) is 4.39 Å². The molecule has 1 aliphatic heterocycles. The fourth-order valence-electron chi connectivity index (χ4n) is 3.47. The molecule has 11 heteroatoms. The van der Waals surface area contributed by atoms with Crippen LogP contribution in [0.1, 0.15) is 24.4 Å². The molecule has 0 spiro atoms. The summed E-state index contributed by atoms with van der Waals surface area (Å²) in [5.74, 6) is -0.702. The Hall–Kier alpha value is -2.85. The van der Waals surface area contributed by atoms with Gasteiger partial charge in [0.15, 0.2) is 12.7 Å². The van der Waals surface area contributed by atoms with Gasteiger partial charge in [0, 0.05) is 54.3 Å². The Balaban J connectivity index is 1.44. The van der Waals surface area contributed by atoms with Gasteiger partial charge in [0.25, 0.3) is 11.8 Å². The van der Waals surface area contributed by atoms with Crippen LogP contribution in [0.2, 0.25) is 10.0 Å². The van der Waals surface area contributed by atoms with Crippen LogP contribution in [0.15, 0.2) is 48.7 Å². The van der Waals surface area contributed by atoms with Gasteiger partial charge in [-0.15, -0.1) is 0 Å². The highest BCUT2D eigenvalue weighted by atomic mass is 35.5. The summed E-state index contributed by atoms with van der Waals surface area (Å²) in [6.07, 6.45) is -0.149. The molecule has 3 rings (SSSR count). The van der Waals surface area contributed by atoms with E-state index >= 15 is 0 Å². The predicted molar refractivity (Wildman–Crippen MR) is 130 cm³/mol. The van der Waals surface area contributed by atoms with Gasteiger partial charge in [-0.2, -0.15) is 0 Å². The topological polar surface area (TPSA) is 109 Å². The summed E-state index contributed by atoms with van der Waals surface area (Å²) in [6, 6.07) is 8.83. The van der Waals surface area contributed by atoms with Crippen LogP contribution in [0.3, 0.4) is 0 Å². The number of carbonyl (C=O) groups is 2. The molecule has 0 saturated carbocycles. The lowest BCUT2D eigenvalue weighted by molar-refractivity contribution is -0.128. The molecule has 188 valence electrons. The van der Waals surface area contributed by atoms with Crippen LogP contribution in [0.4, 0.5) is 4.39 Å². The van der Waals surface area contributed by atoms with Crippen LogP contribution in [0, 0.1) is 5.82 Å². The molecular formula is C24H26Cl2FN3O5. The van der Waals surface area contributed by atoms with Gasteiger partial charge < -0.3 is 30.5 Å². The number of aliphatic hydroxyl groups is 1. The first-order chi connectivity index (χ1) is 16.8. The van der Waals surface area contributed by atoms with Crippen LogP contribution in [-0.2, 0) is 9.59 Å². The number of benzene rings is 2. The van der Waals surface area contributed by atoms with E-state index in [2.05, 4.69) is 22.5 Å². The third-order valence-corrected chi connectivity index (χ3v) is 5.71. The van der Waals surface area contributed by atoms with Crippen molar-refractivity contribution in [3.05, 3.63) is 70.1 Å². The van der Waals surface area contributed by atoms with Crippen molar-refractivity contribution in [2.45, 2.75) is 25.0 Å². The Kier molecular flexibility index (Phi) is 9.73. The van der Waals surface area contributed by atoms with Crippen molar-refractivity contribution >= 4 is 35.0 Å². The average Bonchev–Trinajstić information content (AvgIpc) is 2.83. The van der Waals surface area contributed by atoms with Crippen LogP contribution in [0.5, 0.6) is 11.5 Å². The monoisotopic (exact) mass is 525 g/mol. The van der Waals surface area contributed by atoms with Gasteiger partial charge in [-0.3, -0.25) is 9.59 Å². The highest BCUT2D eigenvalue weighted by Gasteiger charge is 2.32. The number of hydrogen-bond acceptors (Lipinski definition) is 6. The lowest BCUT2D eigenvalue weighted by atomic mass is 9.96. The molecule has 0 aromatic heterocycles. The molecule has 35 heavy (non-hydrogen) atoms. The second-order valence-electron chi connectivity index (χ2n) is 7.81. The van der Waals surface area contributed by atoms with E-state index in [9.17, 15) is 14.0 Å². The highest BCUT2D eigenvalue weighted by Crippen LogP contribution is 2.36. The molecule has 2 atom stereocenters. The van der Waals surface area contributed by atoms with Crippen molar-refractivity contribution in [3.8, 4) is 11.5 Å². The number of rotatable bonds is 11. The van der Waals surface area contributed by atoms with Gasteiger partial charge in [-0.05, 0) is 30.3 Å². The minimum absolute atomic E-state index is 0.0356. The third kappa shape index (κ3) is 7.83. The third-order valence-electron chi connectivity index (χ3n) is 5.17. The zero-order valence-corrected chi connectivity index (χ0v) is 20.3. The number of amides is 2. The standard InChI is InChI=1S/C24H26Cl2FN3O5/c1-14(6-7-29-23(32)13-34-16-3-4-18(26)19(27)11-16)30-24(33)22-12-20(28-8-9-31)17-10-15(25)2-5-21(17)35-22/h2-5,10-11,20,22,28,31H,1,6-9,12-13H2,(H,29,32)(H,30,33)/t20-,22-/m0/s1.